The summed E-state index contributed by atoms with van der Waals surface area (Å²) in [6.07, 6.45) is 0. The second-order valence-corrected chi connectivity index (χ2v) is 10.5. The van der Waals surface area contributed by atoms with E-state index in [2.05, 4.69) is 9.88 Å². The lowest BCUT2D eigenvalue weighted by atomic mass is 9.70. The number of nitrogens with zero attached hydrogens (tertiary/aromatic N) is 2. The first kappa shape index (κ1) is 21.3. The number of hydrogen-bond acceptors (Lipinski definition) is 6. The predicted molar refractivity (Wildman–Crippen MR) is 121 cm³/mol. The van der Waals surface area contributed by atoms with E-state index in [4.69, 9.17) is 9.47 Å². The van der Waals surface area contributed by atoms with Gasteiger partial charge in [-0.25, -0.2) is 8.42 Å². The van der Waals surface area contributed by atoms with Crippen LogP contribution in [0.4, 0.5) is 0 Å². The molecule has 9 heteroatoms. The first-order chi connectivity index (χ1) is 15.3. The summed E-state index contributed by atoms with van der Waals surface area (Å²) in [6.45, 7) is 1.31. The number of sulfonamides is 1. The van der Waals surface area contributed by atoms with Crippen LogP contribution < -0.4 is 14.8 Å². The van der Waals surface area contributed by atoms with Gasteiger partial charge in [-0.2, -0.15) is 4.31 Å². The fourth-order valence-corrected chi connectivity index (χ4v) is 6.81. The quantitative estimate of drug-likeness (QED) is 0.607. The third-order valence-electron chi connectivity index (χ3n) is 6.82. The Kier molecular flexibility index (Phi) is 4.97. The van der Waals surface area contributed by atoms with Gasteiger partial charge in [-0.1, -0.05) is 6.07 Å². The zero-order chi connectivity index (χ0) is 22.7. The molecule has 170 valence electrons. The van der Waals surface area contributed by atoms with Crippen molar-refractivity contribution < 1.29 is 23.0 Å². The minimum atomic E-state index is -3.64. The number of aliphatic hydroxyl groups excluding tert-OH is 1. The Morgan fingerprint density at radius 2 is 1.84 bits per heavy atom. The molecule has 0 aliphatic carbocycles. The molecule has 2 aliphatic rings. The van der Waals surface area contributed by atoms with Gasteiger partial charge in [0.1, 0.15) is 11.5 Å². The number of aromatic nitrogens is 1. The molecule has 1 atom stereocenters. The van der Waals surface area contributed by atoms with Gasteiger partial charge in [0.15, 0.2) is 0 Å². The third-order valence-corrected chi connectivity index (χ3v) is 8.61. The largest absolute Gasteiger partial charge is 0.497 e. The van der Waals surface area contributed by atoms with Gasteiger partial charge in [-0.15, -0.1) is 0 Å². The number of nitrogens with one attached hydrogen (secondary N) is 1. The molecular formula is C23H27N3O5S. The van der Waals surface area contributed by atoms with Crippen LogP contribution in [-0.2, 0) is 22.5 Å². The summed E-state index contributed by atoms with van der Waals surface area (Å²) < 4.78 is 40.8. The fourth-order valence-electron chi connectivity index (χ4n) is 5.16. The maximum atomic E-state index is 13.3. The molecule has 2 N–H and O–H groups in total. The molecule has 0 unspecified atom stereocenters. The highest BCUT2D eigenvalue weighted by Gasteiger charge is 2.54. The molecule has 2 aliphatic heterocycles. The Labute approximate surface area is 187 Å². The second-order valence-electron chi connectivity index (χ2n) is 8.55. The van der Waals surface area contributed by atoms with Crippen LogP contribution in [0.5, 0.6) is 11.5 Å². The van der Waals surface area contributed by atoms with E-state index in [1.165, 1.54) is 11.4 Å². The molecule has 1 fully saturated rings. The first-order valence-corrected chi connectivity index (χ1v) is 11.9. The number of fused-ring (bicyclic) bond motifs is 4. The third kappa shape index (κ3) is 2.96. The molecule has 0 bridgehead atoms. The summed E-state index contributed by atoms with van der Waals surface area (Å²) in [5.74, 6) is 1.27. The normalized spacial score (nSPS) is 20.2. The molecule has 5 rings (SSSR count). The van der Waals surface area contributed by atoms with Gasteiger partial charge in [0, 0.05) is 55.3 Å². The van der Waals surface area contributed by atoms with Crippen molar-refractivity contribution in [3.63, 3.8) is 0 Å². The highest BCUT2D eigenvalue weighted by molar-refractivity contribution is 7.89. The van der Waals surface area contributed by atoms with Crippen molar-refractivity contribution in [3.8, 4) is 11.5 Å². The Bertz CT molecular complexity index is 1290. The van der Waals surface area contributed by atoms with Crippen LogP contribution in [0.2, 0.25) is 0 Å². The van der Waals surface area contributed by atoms with Gasteiger partial charge in [-0.05, 0) is 29.8 Å². The second kappa shape index (κ2) is 7.48. The van der Waals surface area contributed by atoms with Crippen LogP contribution >= 0.6 is 0 Å². The van der Waals surface area contributed by atoms with Crippen molar-refractivity contribution in [3.05, 3.63) is 53.7 Å². The van der Waals surface area contributed by atoms with Crippen LogP contribution in [0, 0.1) is 0 Å². The molecule has 1 saturated heterocycles. The maximum Gasteiger partial charge on any atom is 0.243 e. The van der Waals surface area contributed by atoms with Gasteiger partial charge in [0.2, 0.25) is 10.0 Å². The number of aliphatic hydroxyl groups is 1. The molecule has 3 aromatic rings. The van der Waals surface area contributed by atoms with E-state index in [-0.39, 0.29) is 23.0 Å². The van der Waals surface area contributed by atoms with E-state index >= 15 is 0 Å². The number of rotatable bonds is 5. The molecule has 8 nitrogen and oxygen atoms in total. The van der Waals surface area contributed by atoms with Crippen molar-refractivity contribution in [1.82, 2.24) is 14.2 Å². The van der Waals surface area contributed by atoms with Crippen molar-refractivity contribution in [2.45, 2.75) is 16.4 Å². The topological polar surface area (TPSA) is 93.0 Å². The van der Waals surface area contributed by atoms with E-state index < -0.39 is 10.0 Å². The van der Waals surface area contributed by atoms with Crippen LogP contribution in [0.15, 0.2) is 47.4 Å². The van der Waals surface area contributed by atoms with Gasteiger partial charge < -0.3 is 24.5 Å². The van der Waals surface area contributed by atoms with E-state index in [0.29, 0.717) is 25.4 Å². The standard InChI is InChI=1S/C23H27N3O5S/c1-25-20-10-16(31-3)7-8-18(20)21-22(25)19(11-27)24-12-23(21)13-26(14-23)32(28,29)17-6-4-5-15(9-17)30-2/h4-10,19,24,27H,11-14H2,1-3H3/t19-/m0/s1. The maximum absolute atomic E-state index is 13.3. The molecule has 0 amide bonds. The van der Waals surface area contributed by atoms with Gasteiger partial charge in [0.05, 0.1) is 37.3 Å². The number of hydrogen-bond donors (Lipinski definition) is 2. The van der Waals surface area contributed by atoms with Crippen molar-refractivity contribution in [2.24, 2.45) is 7.05 Å². The molecule has 2 aromatic carbocycles. The van der Waals surface area contributed by atoms with Crippen molar-refractivity contribution >= 4 is 20.9 Å². The molecule has 0 radical (unpaired) electrons. The molecule has 1 spiro atoms. The molecule has 3 heterocycles. The average molecular weight is 458 g/mol. The molecule has 0 saturated carbocycles. The molecule has 1 aromatic heterocycles. The fraction of sp³-hybridized carbons (Fsp3) is 0.391. The molecule has 32 heavy (non-hydrogen) atoms. The van der Waals surface area contributed by atoms with Crippen molar-refractivity contribution in [1.29, 1.82) is 0 Å². The summed E-state index contributed by atoms with van der Waals surface area (Å²) >= 11 is 0. The Balaban J connectivity index is 1.56. The highest BCUT2D eigenvalue weighted by Crippen LogP contribution is 2.48. The summed E-state index contributed by atoms with van der Waals surface area (Å²) in [6, 6.07) is 12.3. The van der Waals surface area contributed by atoms with Crippen LogP contribution in [0.25, 0.3) is 10.9 Å². The Morgan fingerprint density at radius 3 is 2.53 bits per heavy atom. The summed E-state index contributed by atoms with van der Waals surface area (Å²) in [5, 5.41) is 14.5. The Hall–Kier alpha value is -2.59. The number of methoxy groups -OCH3 is 2. The monoisotopic (exact) mass is 457 g/mol. The Morgan fingerprint density at radius 1 is 1.12 bits per heavy atom. The summed E-state index contributed by atoms with van der Waals surface area (Å²) in [4.78, 5) is 0.228. The number of aryl methyl sites for hydroxylation is 1. The smallest absolute Gasteiger partial charge is 0.243 e. The van der Waals surface area contributed by atoms with Crippen LogP contribution in [0.3, 0.4) is 0 Å². The van der Waals surface area contributed by atoms with Crippen LogP contribution in [-0.4, -0.2) is 62.9 Å². The number of benzene rings is 2. The zero-order valence-corrected chi connectivity index (χ0v) is 19.1. The lowest BCUT2D eigenvalue weighted by Crippen LogP contribution is -2.67. The number of ether oxygens (including phenoxy) is 2. The molecular weight excluding hydrogens is 430 g/mol. The van der Waals surface area contributed by atoms with E-state index in [0.717, 1.165) is 27.9 Å². The lowest BCUT2D eigenvalue weighted by molar-refractivity contribution is 0.121. The average Bonchev–Trinajstić information content (AvgIpc) is 3.09. The van der Waals surface area contributed by atoms with Crippen LogP contribution in [0.1, 0.15) is 17.3 Å². The minimum Gasteiger partial charge on any atom is -0.497 e. The minimum absolute atomic E-state index is 0.0315. The van der Waals surface area contributed by atoms with Crippen molar-refractivity contribution in [2.75, 3.05) is 40.5 Å². The highest BCUT2D eigenvalue weighted by atomic mass is 32.2. The van der Waals surface area contributed by atoms with E-state index in [9.17, 15) is 13.5 Å². The van der Waals surface area contributed by atoms with Gasteiger partial charge in [-0.3, -0.25) is 0 Å². The summed E-state index contributed by atoms with van der Waals surface area (Å²) in [5.41, 5.74) is 2.76. The van der Waals surface area contributed by atoms with E-state index in [1.807, 2.05) is 25.2 Å². The summed E-state index contributed by atoms with van der Waals surface area (Å²) in [7, 11) is 1.50. The predicted octanol–water partition coefficient (Wildman–Crippen LogP) is 1.77. The zero-order valence-electron chi connectivity index (χ0n) is 18.3. The van der Waals surface area contributed by atoms with Gasteiger partial charge in [0.25, 0.3) is 0 Å². The SMILES string of the molecule is COc1cccc(S(=O)(=O)N2CC3(CN[C@@H](CO)c4c3c3ccc(OC)cc3n4C)C2)c1. The lowest BCUT2D eigenvalue weighted by Gasteiger charge is -2.52. The van der Waals surface area contributed by atoms with Gasteiger partial charge >= 0.3 is 0 Å². The van der Waals surface area contributed by atoms with E-state index in [1.54, 1.807) is 31.4 Å². The first-order valence-electron chi connectivity index (χ1n) is 10.5.